The van der Waals surface area contributed by atoms with Gasteiger partial charge in [-0.05, 0) is 38.5 Å². The SMILES string of the molecule is CC(C)(C)N(CCS(C)(=O)=O)C(=O)/C=C/c1cncc(F)c1. The van der Waals surface area contributed by atoms with Gasteiger partial charge in [0.2, 0.25) is 5.91 Å². The van der Waals surface area contributed by atoms with Crippen LogP contribution in [0.4, 0.5) is 4.39 Å². The van der Waals surface area contributed by atoms with Gasteiger partial charge in [0.15, 0.2) is 0 Å². The second-order valence-electron chi connectivity index (χ2n) is 6.06. The van der Waals surface area contributed by atoms with E-state index < -0.39 is 21.2 Å². The van der Waals surface area contributed by atoms with E-state index >= 15 is 0 Å². The van der Waals surface area contributed by atoms with Crippen LogP contribution in [0.1, 0.15) is 26.3 Å². The predicted octanol–water partition coefficient (Wildman–Crippen LogP) is 1.91. The lowest BCUT2D eigenvalue weighted by atomic mass is 10.1. The minimum atomic E-state index is -3.16. The molecule has 0 radical (unpaired) electrons. The molecule has 0 aliphatic rings. The molecule has 22 heavy (non-hydrogen) atoms. The summed E-state index contributed by atoms with van der Waals surface area (Å²) in [7, 11) is -3.16. The molecule has 1 aromatic rings. The highest BCUT2D eigenvalue weighted by molar-refractivity contribution is 7.90. The number of hydrogen-bond donors (Lipinski definition) is 0. The molecule has 0 saturated heterocycles. The molecule has 0 fully saturated rings. The van der Waals surface area contributed by atoms with Gasteiger partial charge in [-0.1, -0.05) is 0 Å². The Bertz CT molecular complexity index is 664. The fraction of sp³-hybridized carbons (Fsp3) is 0.467. The number of pyridine rings is 1. The van der Waals surface area contributed by atoms with E-state index in [9.17, 15) is 17.6 Å². The number of aromatic nitrogens is 1. The molecular weight excluding hydrogens is 307 g/mol. The highest BCUT2D eigenvalue weighted by Crippen LogP contribution is 2.15. The van der Waals surface area contributed by atoms with Crippen molar-refractivity contribution in [2.24, 2.45) is 0 Å². The lowest BCUT2D eigenvalue weighted by Crippen LogP contribution is -2.47. The zero-order chi connectivity index (χ0) is 17.0. The standard InChI is InChI=1S/C15H21FN2O3S/c1-15(2,3)18(7-8-22(4,20)21)14(19)6-5-12-9-13(16)11-17-10-12/h5-6,9-11H,7-8H2,1-4H3/b6-5+. The van der Waals surface area contributed by atoms with E-state index in [2.05, 4.69) is 4.98 Å². The van der Waals surface area contributed by atoms with Crippen molar-refractivity contribution in [3.05, 3.63) is 35.9 Å². The average Bonchev–Trinajstić information content (AvgIpc) is 2.33. The fourth-order valence-electron chi connectivity index (χ4n) is 1.81. The van der Waals surface area contributed by atoms with Gasteiger partial charge in [-0.25, -0.2) is 12.8 Å². The Kier molecular flexibility index (Phi) is 5.82. The van der Waals surface area contributed by atoms with Crippen molar-refractivity contribution in [2.45, 2.75) is 26.3 Å². The summed E-state index contributed by atoms with van der Waals surface area (Å²) in [6.45, 7) is 5.58. The number of carbonyl (C=O) groups is 1. The van der Waals surface area contributed by atoms with E-state index in [0.717, 1.165) is 12.5 Å². The molecular formula is C15H21FN2O3S. The molecule has 0 spiro atoms. The summed E-state index contributed by atoms with van der Waals surface area (Å²) in [6, 6.07) is 1.26. The molecule has 1 rings (SSSR count). The third-order valence-corrected chi connectivity index (χ3v) is 3.83. The van der Waals surface area contributed by atoms with Crippen LogP contribution in [0.25, 0.3) is 6.08 Å². The average molecular weight is 328 g/mol. The van der Waals surface area contributed by atoms with Crippen molar-refractivity contribution in [1.29, 1.82) is 0 Å². The fourth-order valence-corrected chi connectivity index (χ4v) is 2.32. The first kappa shape index (κ1) is 18.3. The highest BCUT2D eigenvalue weighted by atomic mass is 32.2. The molecule has 122 valence electrons. The molecule has 0 aliphatic carbocycles. The number of sulfone groups is 1. The molecule has 0 unspecified atom stereocenters. The third kappa shape index (κ3) is 6.34. The van der Waals surface area contributed by atoms with Crippen molar-refractivity contribution < 1.29 is 17.6 Å². The van der Waals surface area contributed by atoms with Crippen LogP contribution in [0.5, 0.6) is 0 Å². The summed E-state index contributed by atoms with van der Waals surface area (Å²) < 4.78 is 35.6. The Balaban J connectivity index is 2.88. The number of amides is 1. The first-order valence-corrected chi connectivity index (χ1v) is 8.83. The van der Waals surface area contributed by atoms with E-state index in [0.29, 0.717) is 5.56 Å². The summed E-state index contributed by atoms with van der Waals surface area (Å²) in [5.74, 6) is -0.925. The number of halogens is 1. The van der Waals surface area contributed by atoms with Crippen molar-refractivity contribution in [3.8, 4) is 0 Å². The van der Waals surface area contributed by atoms with Crippen LogP contribution in [0.2, 0.25) is 0 Å². The quantitative estimate of drug-likeness (QED) is 0.774. The molecule has 0 bridgehead atoms. The zero-order valence-electron chi connectivity index (χ0n) is 13.2. The number of nitrogens with zero attached hydrogens (tertiary/aromatic N) is 2. The van der Waals surface area contributed by atoms with E-state index in [1.54, 1.807) is 0 Å². The van der Waals surface area contributed by atoms with Crippen LogP contribution in [-0.4, -0.2) is 48.3 Å². The van der Waals surface area contributed by atoms with Gasteiger partial charge in [0.05, 0.1) is 11.9 Å². The number of hydrogen-bond acceptors (Lipinski definition) is 4. The molecule has 0 aromatic carbocycles. The maximum atomic E-state index is 13.0. The van der Waals surface area contributed by atoms with Gasteiger partial charge in [0.1, 0.15) is 15.7 Å². The Morgan fingerprint density at radius 1 is 1.36 bits per heavy atom. The van der Waals surface area contributed by atoms with Crippen LogP contribution >= 0.6 is 0 Å². The summed E-state index contributed by atoms with van der Waals surface area (Å²) in [5.41, 5.74) is -0.0583. The first-order chi connectivity index (χ1) is 9.99. The lowest BCUT2D eigenvalue weighted by Gasteiger charge is -2.34. The Labute approximate surface area is 130 Å². The van der Waals surface area contributed by atoms with Gasteiger partial charge in [0, 0.05) is 30.6 Å². The van der Waals surface area contributed by atoms with Gasteiger partial charge in [-0.2, -0.15) is 0 Å². The van der Waals surface area contributed by atoms with Gasteiger partial charge in [-0.15, -0.1) is 0 Å². The Hall–Kier alpha value is -1.76. The van der Waals surface area contributed by atoms with Gasteiger partial charge in [-0.3, -0.25) is 9.78 Å². The van der Waals surface area contributed by atoms with E-state index in [-0.39, 0.29) is 18.2 Å². The molecule has 0 aliphatic heterocycles. The van der Waals surface area contributed by atoms with Crippen LogP contribution < -0.4 is 0 Å². The smallest absolute Gasteiger partial charge is 0.247 e. The lowest BCUT2D eigenvalue weighted by molar-refractivity contribution is -0.130. The second-order valence-corrected chi connectivity index (χ2v) is 8.32. The van der Waals surface area contributed by atoms with E-state index in [1.807, 2.05) is 20.8 Å². The van der Waals surface area contributed by atoms with Gasteiger partial charge < -0.3 is 4.90 Å². The molecule has 1 heterocycles. The monoisotopic (exact) mass is 328 g/mol. The van der Waals surface area contributed by atoms with Crippen molar-refractivity contribution in [3.63, 3.8) is 0 Å². The zero-order valence-corrected chi connectivity index (χ0v) is 14.0. The molecule has 0 atom stereocenters. The van der Waals surface area contributed by atoms with Crippen LogP contribution in [0.15, 0.2) is 24.5 Å². The minimum absolute atomic E-state index is 0.104. The third-order valence-electron chi connectivity index (χ3n) is 2.91. The second kappa shape index (κ2) is 7.00. The largest absolute Gasteiger partial charge is 0.333 e. The molecule has 1 amide bonds. The number of carbonyl (C=O) groups excluding carboxylic acids is 1. The van der Waals surface area contributed by atoms with Crippen LogP contribution in [0.3, 0.4) is 0 Å². The van der Waals surface area contributed by atoms with E-state index in [1.165, 1.54) is 29.3 Å². The van der Waals surface area contributed by atoms with Gasteiger partial charge >= 0.3 is 0 Å². The highest BCUT2D eigenvalue weighted by Gasteiger charge is 2.25. The molecule has 1 aromatic heterocycles. The van der Waals surface area contributed by atoms with Crippen LogP contribution in [-0.2, 0) is 14.6 Å². The van der Waals surface area contributed by atoms with Crippen molar-refractivity contribution in [1.82, 2.24) is 9.88 Å². The maximum absolute atomic E-state index is 13.0. The summed E-state index contributed by atoms with van der Waals surface area (Å²) in [5, 5.41) is 0. The first-order valence-electron chi connectivity index (χ1n) is 6.77. The summed E-state index contributed by atoms with van der Waals surface area (Å²) in [6.07, 6.45) is 6.39. The van der Waals surface area contributed by atoms with Crippen molar-refractivity contribution >= 4 is 21.8 Å². The molecule has 5 nitrogen and oxygen atoms in total. The summed E-state index contributed by atoms with van der Waals surface area (Å²) in [4.78, 5) is 17.5. The Morgan fingerprint density at radius 2 is 2.00 bits per heavy atom. The minimum Gasteiger partial charge on any atom is -0.333 e. The predicted molar refractivity (Wildman–Crippen MR) is 84.4 cm³/mol. The van der Waals surface area contributed by atoms with Crippen molar-refractivity contribution in [2.75, 3.05) is 18.6 Å². The molecule has 0 N–H and O–H groups in total. The molecule has 7 heteroatoms. The normalized spacial score (nSPS) is 12.6. The van der Waals surface area contributed by atoms with E-state index in [4.69, 9.17) is 0 Å². The van der Waals surface area contributed by atoms with Crippen LogP contribution in [0, 0.1) is 5.82 Å². The molecule has 0 saturated carbocycles. The maximum Gasteiger partial charge on any atom is 0.247 e. The number of rotatable bonds is 5. The summed E-state index contributed by atoms with van der Waals surface area (Å²) >= 11 is 0. The Morgan fingerprint density at radius 3 is 2.50 bits per heavy atom. The van der Waals surface area contributed by atoms with Gasteiger partial charge in [0.25, 0.3) is 0 Å². The topological polar surface area (TPSA) is 67.3 Å².